The number of carbonyl (C=O) groups is 1. The van der Waals surface area contributed by atoms with Gasteiger partial charge in [-0.15, -0.1) is 11.3 Å². The molecule has 0 saturated carbocycles. The highest BCUT2D eigenvalue weighted by Crippen LogP contribution is 2.28. The smallest absolute Gasteiger partial charge is 0.274 e. The number of rotatable bonds is 5. The van der Waals surface area contributed by atoms with Crippen LogP contribution in [0.1, 0.15) is 46.6 Å². The molecule has 7 nitrogen and oxygen atoms in total. The molecule has 1 aromatic carbocycles. The van der Waals surface area contributed by atoms with E-state index in [1.165, 1.54) is 24.5 Å². The average molecular weight is 449 g/mol. The first-order valence-corrected chi connectivity index (χ1v) is 11.1. The Kier molecular flexibility index (Phi) is 4.97. The number of nitrogens with one attached hydrogen (secondary N) is 1. The molecule has 9 heteroatoms. The van der Waals surface area contributed by atoms with Crippen molar-refractivity contribution >= 4 is 39.5 Å². The van der Waals surface area contributed by atoms with Crippen LogP contribution in [0.5, 0.6) is 0 Å². The van der Waals surface area contributed by atoms with E-state index in [1.807, 2.05) is 29.8 Å². The Morgan fingerprint density at radius 2 is 2.12 bits per heavy atom. The summed E-state index contributed by atoms with van der Waals surface area (Å²) in [6, 6.07) is 8.30. The SMILES string of the molecule is Cc1nn(Cc2csc(C(C)C)n2)c2cccc(NC(=O)c3cnc4cc(F)ccn34)c12. The number of hydrogen-bond acceptors (Lipinski definition) is 5. The Bertz CT molecular complexity index is 1460. The average Bonchev–Trinajstić information content (AvgIpc) is 3.46. The van der Waals surface area contributed by atoms with Gasteiger partial charge in [-0.25, -0.2) is 14.4 Å². The van der Waals surface area contributed by atoms with Crippen LogP contribution in [-0.4, -0.2) is 30.1 Å². The monoisotopic (exact) mass is 448 g/mol. The van der Waals surface area contributed by atoms with Gasteiger partial charge in [0.15, 0.2) is 0 Å². The highest BCUT2D eigenvalue weighted by Gasteiger charge is 2.17. The maximum Gasteiger partial charge on any atom is 0.274 e. The molecule has 0 aliphatic heterocycles. The van der Waals surface area contributed by atoms with Crippen LogP contribution in [0.3, 0.4) is 0 Å². The number of aryl methyl sites for hydroxylation is 1. The summed E-state index contributed by atoms with van der Waals surface area (Å²) in [5.74, 6) is -0.337. The number of thiazole rings is 1. The van der Waals surface area contributed by atoms with Crippen LogP contribution < -0.4 is 5.32 Å². The fraction of sp³-hybridized carbons (Fsp3) is 0.217. The van der Waals surface area contributed by atoms with Crippen molar-refractivity contribution in [1.29, 1.82) is 0 Å². The topological polar surface area (TPSA) is 77.1 Å². The maximum absolute atomic E-state index is 13.4. The van der Waals surface area contributed by atoms with E-state index in [2.05, 4.69) is 29.5 Å². The lowest BCUT2D eigenvalue weighted by molar-refractivity contribution is 0.102. The van der Waals surface area contributed by atoms with E-state index in [4.69, 9.17) is 10.1 Å². The molecule has 162 valence electrons. The van der Waals surface area contributed by atoms with Gasteiger partial charge in [-0.3, -0.25) is 13.9 Å². The maximum atomic E-state index is 13.4. The number of halogens is 1. The quantitative estimate of drug-likeness (QED) is 0.410. The standard InChI is InChI=1S/C23H21FN6OS/c1-13(2)23-26-16(12-32-23)11-30-18-6-4-5-17(21(18)14(3)28-30)27-22(31)19-10-25-20-9-15(24)7-8-29(19)20/h4-10,12-13H,11H2,1-3H3,(H,27,31). The van der Waals surface area contributed by atoms with Gasteiger partial charge in [0.1, 0.15) is 17.2 Å². The summed E-state index contributed by atoms with van der Waals surface area (Å²) >= 11 is 1.66. The summed E-state index contributed by atoms with van der Waals surface area (Å²) in [5.41, 5.74) is 4.06. The minimum atomic E-state index is -0.400. The molecule has 0 bridgehead atoms. The van der Waals surface area contributed by atoms with Crippen LogP contribution in [-0.2, 0) is 6.54 Å². The van der Waals surface area contributed by atoms with Crippen LogP contribution in [0.4, 0.5) is 10.1 Å². The summed E-state index contributed by atoms with van der Waals surface area (Å²) < 4.78 is 16.9. The van der Waals surface area contributed by atoms with Crippen molar-refractivity contribution in [2.24, 2.45) is 0 Å². The summed E-state index contributed by atoms with van der Waals surface area (Å²) in [6.45, 7) is 6.74. The Morgan fingerprint density at radius 1 is 1.28 bits per heavy atom. The van der Waals surface area contributed by atoms with E-state index in [-0.39, 0.29) is 5.91 Å². The normalized spacial score (nSPS) is 11.7. The molecular weight excluding hydrogens is 427 g/mol. The molecule has 0 fully saturated rings. The zero-order valence-corrected chi connectivity index (χ0v) is 18.7. The zero-order valence-electron chi connectivity index (χ0n) is 17.8. The molecule has 32 heavy (non-hydrogen) atoms. The molecule has 5 rings (SSSR count). The fourth-order valence-corrected chi connectivity index (χ4v) is 4.60. The third-order valence-electron chi connectivity index (χ3n) is 5.28. The summed E-state index contributed by atoms with van der Waals surface area (Å²) in [4.78, 5) is 21.8. The summed E-state index contributed by atoms with van der Waals surface area (Å²) in [6.07, 6.45) is 2.94. The first-order valence-electron chi connectivity index (χ1n) is 10.2. The zero-order chi connectivity index (χ0) is 22.4. The van der Waals surface area contributed by atoms with Crippen molar-refractivity contribution in [2.75, 3.05) is 5.32 Å². The van der Waals surface area contributed by atoms with Crippen LogP contribution >= 0.6 is 11.3 Å². The first kappa shape index (κ1) is 20.3. The predicted molar refractivity (Wildman–Crippen MR) is 123 cm³/mol. The van der Waals surface area contributed by atoms with Gasteiger partial charge in [0.25, 0.3) is 5.91 Å². The fourth-order valence-electron chi connectivity index (χ4n) is 3.77. The number of aromatic nitrogens is 5. The Labute approximate surface area is 187 Å². The van der Waals surface area contributed by atoms with Gasteiger partial charge in [0.2, 0.25) is 0 Å². The number of imidazole rings is 1. The molecule has 5 aromatic rings. The Hall–Kier alpha value is -3.59. The molecule has 0 saturated heterocycles. The molecule has 0 spiro atoms. The van der Waals surface area contributed by atoms with Crippen molar-refractivity contribution in [3.05, 3.63) is 76.0 Å². The van der Waals surface area contributed by atoms with Gasteiger partial charge >= 0.3 is 0 Å². The van der Waals surface area contributed by atoms with Gasteiger partial charge in [-0.1, -0.05) is 19.9 Å². The summed E-state index contributed by atoms with van der Waals surface area (Å²) in [5, 5.41) is 11.7. The van der Waals surface area contributed by atoms with Crippen LogP contribution in [0.15, 0.2) is 48.1 Å². The van der Waals surface area contributed by atoms with Crippen LogP contribution in [0.25, 0.3) is 16.6 Å². The molecule has 0 unspecified atom stereocenters. The molecule has 0 aliphatic carbocycles. The van der Waals surface area contributed by atoms with Gasteiger partial charge in [-0.05, 0) is 25.1 Å². The number of fused-ring (bicyclic) bond motifs is 2. The van der Waals surface area contributed by atoms with E-state index in [1.54, 1.807) is 15.7 Å². The largest absolute Gasteiger partial charge is 0.320 e. The lowest BCUT2D eigenvalue weighted by atomic mass is 10.1. The Morgan fingerprint density at radius 3 is 2.91 bits per heavy atom. The molecule has 4 heterocycles. The van der Waals surface area contributed by atoms with Crippen LogP contribution in [0.2, 0.25) is 0 Å². The molecule has 1 amide bonds. The van der Waals surface area contributed by atoms with Gasteiger partial charge in [0, 0.05) is 28.9 Å². The first-order chi connectivity index (χ1) is 15.4. The van der Waals surface area contributed by atoms with Crippen molar-refractivity contribution in [3.8, 4) is 0 Å². The highest BCUT2D eigenvalue weighted by molar-refractivity contribution is 7.09. The Balaban J connectivity index is 1.47. The predicted octanol–water partition coefficient (Wildman–Crippen LogP) is 5.01. The lowest BCUT2D eigenvalue weighted by Gasteiger charge is -2.08. The van der Waals surface area contributed by atoms with Crippen molar-refractivity contribution in [2.45, 2.75) is 33.2 Å². The van der Waals surface area contributed by atoms with E-state index in [9.17, 15) is 9.18 Å². The van der Waals surface area contributed by atoms with E-state index < -0.39 is 5.82 Å². The van der Waals surface area contributed by atoms with Gasteiger partial charge < -0.3 is 5.32 Å². The minimum absolute atomic E-state index is 0.325. The second-order valence-electron chi connectivity index (χ2n) is 7.95. The number of pyridine rings is 1. The minimum Gasteiger partial charge on any atom is -0.320 e. The lowest BCUT2D eigenvalue weighted by Crippen LogP contribution is -2.14. The van der Waals surface area contributed by atoms with E-state index in [0.717, 1.165) is 27.3 Å². The number of anilines is 1. The number of amides is 1. The molecule has 0 aliphatic rings. The summed E-state index contributed by atoms with van der Waals surface area (Å²) in [7, 11) is 0. The number of benzene rings is 1. The van der Waals surface area contributed by atoms with Gasteiger partial charge in [-0.2, -0.15) is 5.10 Å². The second kappa shape index (κ2) is 7.83. The molecule has 1 N–H and O–H groups in total. The third-order valence-corrected chi connectivity index (χ3v) is 6.48. The third kappa shape index (κ3) is 3.54. The molecular formula is C23H21FN6OS. The van der Waals surface area contributed by atoms with Gasteiger partial charge in [0.05, 0.1) is 40.3 Å². The van der Waals surface area contributed by atoms with Crippen molar-refractivity contribution < 1.29 is 9.18 Å². The van der Waals surface area contributed by atoms with Crippen molar-refractivity contribution in [3.63, 3.8) is 0 Å². The number of carbonyl (C=O) groups excluding carboxylic acids is 1. The molecule has 0 atom stereocenters. The highest BCUT2D eigenvalue weighted by atomic mass is 32.1. The number of nitrogens with zero attached hydrogens (tertiary/aromatic N) is 5. The second-order valence-corrected chi connectivity index (χ2v) is 8.83. The molecule has 4 aromatic heterocycles. The molecule has 0 radical (unpaired) electrons. The van der Waals surface area contributed by atoms with E-state index in [0.29, 0.717) is 29.5 Å². The number of hydrogen-bond donors (Lipinski definition) is 1. The van der Waals surface area contributed by atoms with Crippen LogP contribution in [0, 0.1) is 12.7 Å². The van der Waals surface area contributed by atoms with Crippen molar-refractivity contribution in [1.82, 2.24) is 24.1 Å². The van der Waals surface area contributed by atoms with E-state index >= 15 is 0 Å².